The zero-order chi connectivity index (χ0) is 19.1. The van der Waals surface area contributed by atoms with Crippen LogP contribution in [0.15, 0.2) is 34.1 Å². The molecule has 26 heavy (non-hydrogen) atoms. The molecular weight excluding hydrogens is 384 g/mol. The Bertz CT molecular complexity index is 896. The smallest absolute Gasteiger partial charge is 0.428 e. The summed E-state index contributed by atoms with van der Waals surface area (Å²) in [6.45, 7) is 0. The predicted molar refractivity (Wildman–Crippen MR) is 89.5 cm³/mol. The van der Waals surface area contributed by atoms with Crippen molar-refractivity contribution in [3.63, 3.8) is 0 Å². The molecule has 3 rings (SSSR count). The summed E-state index contributed by atoms with van der Waals surface area (Å²) in [7, 11) is -7.45. The molecule has 9 nitrogen and oxygen atoms in total. The van der Waals surface area contributed by atoms with Gasteiger partial charge in [0.1, 0.15) is 0 Å². The number of carbonyl (C=O) groups excluding carboxylic acids is 1. The first kappa shape index (κ1) is 19.1. The number of hydroxylamine groups is 1. The summed E-state index contributed by atoms with van der Waals surface area (Å²) in [4.78, 5) is 11.3. The molecule has 2 N–H and O–H groups in total. The Kier molecular flexibility index (Phi) is 4.99. The Balaban J connectivity index is 1.95. The second kappa shape index (κ2) is 6.80. The molecule has 0 bridgehead atoms. The van der Waals surface area contributed by atoms with E-state index >= 15 is 0 Å². The van der Waals surface area contributed by atoms with Crippen molar-refractivity contribution in [3.05, 3.63) is 24.3 Å². The van der Waals surface area contributed by atoms with Crippen LogP contribution in [-0.4, -0.2) is 51.0 Å². The summed E-state index contributed by atoms with van der Waals surface area (Å²) < 4.78 is 55.6. The first-order chi connectivity index (χ1) is 12.1. The van der Waals surface area contributed by atoms with Crippen LogP contribution < -0.4 is 5.48 Å². The van der Waals surface area contributed by atoms with E-state index in [1.54, 1.807) is 0 Å². The van der Waals surface area contributed by atoms with Crippen molar-refractivity contribution in [2.45, 2.75) is 47.7 Å². The fourth-order valence-electron chi connectivity index (χ4n) is 3.77. The van der Waals surface area contributed by atoms with Crippen molar-refractivity contribution in [3.8, 4) is 0 Å². The number of nitrogens with zero attached hydrogens (tertiary/aromatic N) is 1. The second-order valence-corrected chi connectivity index (χ2v) is 10.4. The minimum Gasteiger partial charge on any atom is -0.428 e. The summed E-state index contributed by atoms with van der Waals surface area (Å²) in [6, 6.07) is 4.65. The zero-order valence-corrected chi connectivity index (χ0v) is 15.7. The van der Waals surface area contributed by atoms with Crippen LogP contribution >= 0.6 is 0 Å². The second-order valence-electron chi connectivity index (χ2n) is 6.54. The number of rotatable bonds is 4. The molecule has 1 aromatic carbocycles. The van der Waals surface area contributed by atoms with Crippen molar-refractivity contribution in [1.29, 1.82) is 0 Å². The molecule has 1 aliphatic heterocycles. The predicted octanol–water partition coefficient (Wildman–Crippen LogP) is 1.09. The molecule has 3 atom stereocenters. The summed E-state index contributed by atoms with van der Waals surface area (Å²) in [6.07, 6.45) is 1.64. The summed E-state index contributed by atoms with van der Waals surface area (Å²) in [5.41, 5.74) is 1.34. The van der Waals surface area contributed by atoms with E-state index in [0.717, 1.165) is 19.1 Å². The number of ether oxygens (including phenoxy) is 1. The number of sulfone groups is 1. The van der Waals surface area contributed by atoms with Crippen LogP contribution in [0.25, 0.3) is 0 Å². The highest BCUT2D eigenvalue weighted by Crippen LogP contribution is 2.44. The number of amides is 1. The van der Waals surface area contributed by atoms with Gasteiger partial charge in [-0.15, -0.1) is 0 Å². The maximum absolute atomic E-state index is 13.1. The van der Waals surface area contributed by atoms with Crippen molar-refractivity contribution in [2.24, 2.45) is 5.92 Å². The van der Waals surface area contributed by atoms with Crippen LogP contribution in [0.3, 0.4) is 0 Å². The lowest BCUT2D eigenvalue weighted by Crippen LogP contribution is -2.44. The Hall–Kier alpha value is -1.69. The van der Waals surface area contributed by atoms with Gasteiger partial charge >= 0.3 is 6.09 Å². The minimum atomic E-state index is -4.01. The van der Waals surface area contributed by atoms with Crippen LogP contribution in [0.4, 0.5) is 4.79 Å². The fraction of sp³-hybridized carbons (Fsp3) is 0.533. The molecule has 1 saturated heterocycles. The molecule has 0 spiro atoms. The van der Waals surface area contributed by atoms with Gasteiger partial charge in [0.25, 0.3) is 0 Å². The monoisotopic (exact) mass is 404 g/mol. The maximum atomic E-state index is 13.1. The normalized spacial score (nSPS) is 26.5. The number of fused-ring (bicyclic) bond motifs is 1. The Labute approximate surface area is 151 Å². The summed E-state index contributed by atoms with van der Waals surface area (Å²) >= 11 is 0. The average molecular weight is 404 g/mol. The van der Waals surface area contributed by atoms with Gasteiger partial charge in [0.05, 0.1) is 9.79 Å². The summed E-state index contributed by atoms with van der Waals surface area (Å²) in [5.74, 6) is 0.0801. The highest BCUT2D eigenvalue weighted by atomic mass is 32.2. The molecule has 11 heteroatoms. The molecule has 1 amide bonds. The van der Waals surface area contributed by atoms with E-state index in [4.69, 9.17) is 9.94 Å². The molecule has 144 valence electrons. The first-order valence-corrected chi connectivity index (χ1v) is 11.4. The number of nitrogens with one attached hydrogen (secondary N) is 1. The fourth-order valence-corrected chi connectivity index (χ4v) is 6.19. The number of hydrogen-bond acceptors (Lipinski definition) is 7. The van der Waals surface area contributed by atoms with Gasteiger partial charge in [0.2, 0.25) is 10.0 Å². The molecule has 0 radical (unpaired) electrons. The van der Waals surface area contributed by atoms with E-state index < -0.39 is 32.2 Å². The average Bonchev–Trinajstić information content (AvgIpc) is 3.14. The Morgan fingerprint density at radius 1 is 1.15 bits per heavy atom. The molecule has 1 aromatic rings. The lowest BCUT2D eigenvalue weighted by atomic mass is 10.0. The SMILES string of the molecule is CS(=O)(=O)c1ccc(S(=O)(=O)N2C(OC(=O)NO)CC3CCCC32)cc1. The molecule has 1 aliphatic carbocycles. The molecular formula is C15H20N2O7S2. The molecule has 2 fully saturated rings. The first-order valence-electron chi connectivity index (χ1n) is 8.09. The van der Waals surface area contributed by atoms with Gasteiger partial charge in [-0.3, -0.25) is 5.21 Å². The molecule has 3 unspecified atom stereocenters. The van der Waals surface area contributed by atoms with E-state index in [-0.39, 0.29) is 21.8 Å². The van der Waals surface area contributed by atoms with Gasteiger partial charge in [-0.05, 0) is 43.0 Å². The molecule has 1 saturated carbocycles. The molecule has 1 heterocycles. The third-order valence-corrected chi connectivity index (χ3v) is 7.95. The van der Waals surface area contributed by atoms with Crippen LogP contribution in [0, 0.1) is 5.92 Å². The summed E-state index contributed by atoms with van der Waals surface area (Å²) in [5, 5.41) is 8.66. The zero-order valence-electron chi connectivity index (χ0n) is 14.0. The van der Waals surface area contributed by atoms with E-state index in [1.807, 2.05) is 0 Å². The van der Waals surface area contributed by atoms with Crippen LogP contribution in [-0.2, 0) is 24.6 Å². The van der Waals surface area contributed by atoms with Crippen molar-refractivity contribution in [2.75, 3.05) is 6.26 Å². The molecule has 2 aliphatic rings. The molecule has 0 aromatic heterocycles. The van der Waals surface area contributed by atoms with Crippen LogP contribution in [0.5, 0.6) is 0 Å². The quantitative estimate of drug-likeness (QED) is 0.567. The van der Waals surface area contributed by atoms with E-state index in [1.165, 1.54) is 34.1 Å². The van der Waals surface area contributed by atoms with Crippen LogP contribution in [0.2, 0.25) is 0 Å². The minimum absolute atomic E-state index is 0.0177. The van der Waals surface area contributed by atoms with Gasteiger partial charge in [-0.25, -0.2) is 27.1 Å². The Morgan fingerprint density at radius 3 is 2.35 bits per heavy atom. The third kappa shape index (κ3) is 3.43. The Morgan fingerprint density at radius 2 is 1.77 bits per heavy atom. The van der Waals surface area contributed by atoms with Gasteiger partial charge in [0, 0.05) is 18.7 Å². The number of benzene rings is 1. The highest BCUT2D eigenvalue weighted by Gasteiger charge is 2.51. The lowest BCUT2D eigenvalue weighted by Gasteiger charge is -2.28. The number of sulfonamides is 1. The third-order valence-electron chi connectivity index (χ3n) is 4.90. The standard InChI is InChI=1S/C15H20N2O7S2/c1-25(20,21)11-5-7-12(8-6-11)26(22,23)17-13-4-2-3-10(13)9-14(17)24-15(18)16-19/h5-8,10,13-14,19H,2-4,9H2,1H3,(H,16,18). The number of carbonyl (C=O) groups is 1. The largest absolute Gasteiger partial charge is 0.432 e. The van der Waals surface area contributed by atoms with E-state index in [0.29, 0.717) is 12.8 Å². The van der Waals surface area contributed by atoms with Gasteiger partial charge in [-0.2, -0.15) is 4.31 Å². The van der Waals surface area contributed by atoms with Gasteiger partial charge < -0.3 is 4.74 Å². The van der Waals surface area contributed by atoms with Crippen LogP contribution in [0.1, 0.15) is 25.7 Å². The van der Waals surface area contributed by atoms with Crippen molar-refractivity contribution >= 4 is 26.0 Å². The maximum Gasteiger partial charge on any atom is 0.432 e. The van der Waals surface area contributed by atoms with Gasteiger partial charge in [-0.1, -0.05) is 6.42 Å². The van der Waals surface area contributed by atoms with Crippen molar-refractivity contribution < 1.29 is 31.6 Å². The lowest BCUT2D eigenvalue weighted by molar-refractivity contribution is 0.0169. The van der Waals surface area contributed by atoms with E-state index in [2.05, 4.69) is 0 Å². The highest BCUT2D eigenvalue weighted by molar-refractivity contribution is 7.90. The topological polar surface area (TPSA) is 130 Å². The number of hydrogen-bond donors (Lipinski definition) is 2. The van der Waals surface area contributed by atoms with Crippen molar-refractivity contribution in [1.82, 2.24) is 9.79 Å². The van der Waals surface area contributed by atoms with Gasteiger partial charge in [0.15, 0.2) is 16.1 Å². The van der Waals surface area contributed by atoms with E-state index in [9.17, 15) is 21.6 Å².